The molecule has 0 aromatic heterocycles. The van der Waals surface area contributed by atoms with Gasteiger partial charge in [0.05, 0.1) is 28.6 Å². The van der Waals surface area contributed by atoms with Gasteiger partial charge in [0.2, 0.25) is 0 Å². The third-order valence-electron chi connectivity index (χ3n) is 7.46. The molecule has 1 aliphatic rings. The summed E-state index contributed by atoms with van der Waals surface area (Å²) in [7, 11) is 1.61. The number of aryl methyl sites for hydroxylation is 1. The summed E-state index contributed by atoms with van der Waals surface area (Å²) in [6.07, 6.45) is 4.47. The minimum absolute atomic E-state index is 0.299. The molecule has 35 heavy (non-hydrogen) atoms. The van der Waals surface area contributed by atoms with E-state index in [9.17, 15) is 19.7 Å². The van der Waals surface area contributed by atoms with Gasteiger partial charge in [-0.05, 0) is 51.2 Å². The number of ether oxygens (including phenoxy) is 1. The summed E-state index contributed by atoms with van der Waals surface area (Å²) in [6, 6.07) is 8.12. The van der Waals surface area contributed by atoms with E-state index >= 15 is 0 Å². The quantitative estimate of drug-likeness (QED) is 0.343. The molecular weight excluding hydrogens is 462 g/mol. The molecule has 2 N–H and O–H groups in total. The summed E-state index contributed by atoms with van der Waals surface area (Å²) in [6.45, 7) is 13.8. The number of carboxylic acid groups (broad SMARTS) is 1. The van der Waals surface area contributed by atoms with E-state index in [0.717, 1.165) is 12.0 Å². The molecule has 7 nitrogen and oxygen atoms in total. The Morgan fingerprint density at radius 3 is 2.43 bits per heavy atom. The SMILES string of the molecule is CC=C[C@@H]1C[C@H](C#N)N(C(=O)O)C1([C@@H](N[S+]([O-])c1ccc(C)cc1)[C@](C)(CCC)OC)C(C)(C)C. The lowest BCUT2D eigenvalue weighted by atomic mass is 9.59. The lowest BCUT2D eigenvalue weighted by Crippen LogP contribution is -2.75. The van der Waals surface area contributed by atoms with Crippen LogP contribution in [0.25, 0.3) is 0 Å². The molecule has 2 unspecified atom stereocenters. The normalized spacial score (nSPS) is 26.3. The zero-order valence-electron chi connectivity index (χ0n) is 22.3. The fourth-order valence-corrected chi connectivity index (χ4v) is 7.07. The number of nitriles is 1. The molecule has 0 saturated carbocycles. The maximum absolute atomic E-state index is 13.7. The molecule has 0 aliphatic carbocycles. The van der Waals surface area contributed by atoms with E-state index in [2.05, 4.69) is 10.8 Å². The number of allylic oxidation sites excluding steroid dienone is 1. The molecule has 1 aliphatic heterocycles. The Kier molecular flexibility index (Phi) is 9.46. The maximum atomic E-state index is 13.7. The van der Waals surface area contributed by atoms with Crippen molar-refractivity contribution in [3.63, 3.8) is 0 Å². The van der Waals surface area contributed by atoms with Gasteiger partial charge in [-0.2, -0.15) is 5.26 Å². The third kappa shape index (κ3) is 5.39. The molecule has 1 aromatic carbocycles. The van der Waals surface area contributed by atoms with Gasteiger partial charge in [-0.25, -0.2) is 4.79 Å². The highest BCUT2D eigenvalue weighted by Gasteiger charge is 2.68. The second-order valence-corrected chi connectivity index (χ2v) is 11.9. The number of hydrogen-bond acceptors (Lipinski definition) is 5. The van der Waals surface area contributed by atoms with E-state index in [4.69, 9.17) is 4.74 Å². The Bertz CT molecular complexity index is 939. The second kappa shape index (κ2) is 11.3. The van der Waals surface area contributed by atoms with Crippen LogP contribution in [0, 0.1) is 29.6 Å². The van der Waals surface area contributed by atoms with Crippen LogP contribution >= 0.6 is 0 Å². The predicted octanol–water partition coefficient (Wildman–Crippen LogP) is 5.43. The van der Waals surface area contributed by atoms with Crippen molar-refractivity contribution < 1.29 is 19.2 Å². The molecule has 1 fully saturated rings. The highest BCUT2D eigenvalue weighted by atomic mass is 32.2. The zero-order valence-corrected chi connectivity index (χ0v) is 23.1. The number of hydrogen-bond donors (Lipinski definition) is 2. The number of nitrogens with zero attached hydrogens (tertiary/aromatic N) is 2. The molecular formula is C27H41N3O4S. The van der Waals surface area contributed by atoms with Gasteiger partial charge >= 0.3 is 6.09 Å². The Morgan fingerprint density at radius 1 is 1.40 bits per heavy atom. The van der Waals surface area contributed by atoms with Crippen LogP contribution in [0.15, 0.2) is 41.3 Å². The van der Waals surface area contributed by atoms with Crippen molar-refractivity contribution in [1.82, 2.24) is 9.62 Å². The Labute approximate surface area is 213 Å². The molecule has 194 valence electrons. The first-order valence-electron chi connectivity index (χ1n) is 12.2. The van der Waals surface area contributed by atoms with Crippen LogP contribution in [0.4, 0.5) is 4.79 Å². The molecule has 0 bridgehead atoms. The van der Waals surface area contributed by atoms with Crippen molar-refractivity contribution in [3.05, 3.63) is 42.0 Å². The van der Waals surface area contributed by atoms with Gasteiger partial charge in [-0.1, -0.05) is 64.0 Å². The van der Waals surface area contributed by atoms with Crippen LogP contribution in [0.5, 0.6) is 0 Å². The lowest BCUT2D eigenvalue weighted by Gasteiger charge is -2.58. The number of nitrogens with one attached hydrogen (secondary N) is 1. The van der Waals surface area contributed by atoms with E-state index in [-0.39, 0.29) is 5.92 Å². The van der Waals surface area contributed by atoms with Crippen molar-refractivity contribution in [2.75, 3.05) is 7.11 Å². The van der Waals surface area contributed by atoms with E-state index in [1.807, 2.05) is 84.9 Å². The molecule has 1 amide bonds. The first-order valence-corrected chi connectivity index (χ1v) is 13.3. The molecule has 1 saturated heterocycles. The van der Waals surface area contributed by atoms with Crippen molar-refractivity contribution in [2.24, 2.45) is 11.3 Å². The summed E-state index contributed by atoms with van der Waals surface area (Å²) in [5, 5.41) is 20.5. The topological polar surface area (TPSA) is 109 Å². The second-order valence-electron chi connectivity index (χ2n) is 10.6. The predicted molar refractivity (Wildman–Crippen MR) is 139 cm³/mol. The van der Waals surface area contributed by atoms with Gasteiger partial charge in [0, 0.05) is 13.0 Å². The van der Waals surface area contributed by atoms with E-state index in [1.54, 1.807) is 7.11 Å². The van der Waals surface area contributed by atoms with Crippen molar-refractivity contribution in [2.45, 2.75) is 95.8 Å². The first kappa shape index (κ1) is 29.2. The number of benzene rings is 1. The number of likely N-dealkylation sites (tertiary alicyclic amines) is 1. The van der Waals surface area contributed by atoms with Crippen LogP contribution in [0.2, 0.25) is 0 Å². The monoisotopic (exact) mass is 503 g/mol. The van der Waals surface area contributed by atoms with Crippen molar-refractivity contribution >= 4 is 17.5 Å². The molecule has 6 atom stereocenters. The summed E-state index contributed by atoms with van der Waals surface area (Å²) in [5.41, 5.74) is -1.60. The summed E-state index contributed by atoms with van der Waals surface area (Å²) in [5.74, 6) is -0.299. The van der Waals surface area contributed by atoms with Crippen molar-refractivity contribution in [3.8, 4) is 6.07 Å². The Hall–Kier alpha value is -2.05. The Balaban J connectivity index is 2.88. The molecule has 1 aromatic rings. The van der Waals surface area contributed by atoms with E-state index in [1.165, 1.54) is 4.90 Å². The van der Waals surface area contributed by atoms with Gasteiger partial charge in [-0.3, -0.25) is 4.90 Å². The van der Waals surface area contributed by atoms with Gasteiger partial charge in [-0.15, -0.1) is 4.72 Å². The number of carbonyl (C=O) groups is 1. The minimum Gasteiger partial charge on any atom is -0.593 e. The van der Waals surface area contributed by atoms with Crippen LogP contribution in [0.3, 0.4) is 0 Å². The standard InChI is InChI=1S/C27H41N3O4S/c1-9-11-20-17-21(18-28)30(24(31)32)27(20,25(4,5)6)23(26(7,34-8)16-10-2)29-35(33)22-14-12-19(3)13-15-22/h9,11-15,20-21,23,29H,10,16-17H2,1-8H3,(H,31,32)/t20-,21-,23+,26+,27?,35?/m1/s1. The smallest absolute Gasteiger partial charge is 0.408 e. The van der Waals surface area contributed by atoms with Gasteiger partial charge in [0.1, 0.15) is 12.1 Å². The summed E-state index contributed by atoms with van der Waals surface area (Å²) >= 11 is -1.65. The number of rotatable bonds is 9. The van der Waals surface area contributed by atoms with Crippen molar-refractivity contribution in [1.29, 1.82) is 5.26 Å². The maximum Gasteiger partial charge on any atom is 0.408 e. The van der Waals surface area contributed by atoms with Gasteiger partial charge < -0.3 is 14.4 Å². The fourth-order valence-electron chi connectivity index (χ4n) is 5.90. The number of methoxy groups -OCH3 is 1. The van der Waals surface area contributed by atoms with Gasteiger partial charge in [0.25, 0.3) is 0 Å². The molecule has 0 radical (unpaired) electrons. The summed E-state index contributed by atoms with van der Waals surface area (Å²) < 4.78 is 23.2. The van der Waals surface area contributed by atoms with Gasteiger partial charge in [0.15, 0.2) is 4.90 Å². The minimum atomic E-state index is -1.65. The lowest BCUT2D eigenvalue weighted by molar-refractivity contribution is -0.111. The highest BCUT2D eigenvalue weighted by molar-refractivity contribution is 7.89. The Morgan fingerprint density at radius 2 is 2.00 bits per heavy atom. The highest BCUT2D eigenvalue weighted by Crippen LogP contribution is 2.55. The van der Waals surface area contributed by atoms with Crippen LogP contribution in [-0.4, -0.2) is 51.0 Å². The summed E-state index contributed by atoms with van der Waals surface area (Å²) in [4.78, 5) is 14.8. The number of amides is 1. The third-order valence-corrected chi connectivity index (χ3v) is 8.61. The van der Waals surface area contributed by atoms with Crippen LogP contribution in [0.1, 0.15) is 66.4 Å². The van der Waals surface area contributed by atoms with E-state index < -0.39 is 46.1 Å². The average molecular weight is 504 g/mol. The first-order chi connectivity index (χ1) is 16.3. The largest absolute Gasteiger partial charge is 0.593 e. The van der Waals surface area contributed by atoms with Crippen LogP contribution < -0.4 is 4.72 Å². The molecule has 2 rings (SSSR count). The average Bonchev–Trinajstić information content (AvgIpc) is 3.13. The molecule has 0 spiro atoms. The zero-order chi connectivity index (χ0) is 26.6. The van der Waals surface area contributed by atoms with E-state index in [0.29, 0.717) is 17.7 Å². The van der Waals surface area contributed by atoms with Crippen LogP contribution in [-0.2, 0) is 16.1 Å². The molecule has 1 heterocycles. The molecule has 8 heteroatoms. The fraction of sp³-hybridized carbons (Fsp3) is 0.630.